The summed E-state index contributed by atoms with van der Waals surface area (Å²) >= 11 is 0. The minimum atomic E-state index is -0.296. The average Bonchev–Trinajstić information content (AvgIpc) is 3.17. The van der Waals surface area contributed by atoms with Crippen molar-refractivity contribution in [3.05, 3.63) is 60.2 Å². The van der Waals surface area contributed by atoms with Crippen LogP contribution >= 0.6 is 0 Å². The highest BCUT2D eigenvalue weighted by Crippen LogP contribution is 2.32. The van der Waals surface area contributed by atoms with Crippen molar-refractivity contribution >= 4 is 16.9 Å². The van der Waals surface area contributed by atoms with Crippen molar-refractivity contribution in [2.75, 3.05) is 32.8 Å². The Morgan fingerprint density at radius 1 is 1.24 bits per heavy atom. The molecule has 1 amide bonds. The number of H-pyrrole nitrogens is 1. The summed E-state index contributed by atoms with van der Waals surface area (Å²) in [7, 11) is 0. The van der Waals surface area contributed by atoms with Gasteiger partial charge >= 0.3 is 0 Å². The number of nitrogens with zero attached hydrogens (tertiary/aromatic N) is 2. The normalized spacial score (nSPS) is 15.5. The minimum Gasteiger partial charge on any atom is -0.492 e. The molecule has 0 spiro atoms. The van der Waals surface area contributed by atoms with Gasteiger partial charge < -0.3 is 15.0 Å². The smallest absolute Gasteiger partial charge is 0.234 e. The number of ether oxygens (including phenoxy) is 1. The Bertz CT molecular complexity index is 949. The van der Waals surface area contributed by atoms with Crippen LogP contribution in [-0.2, 0) is 4.79 Å². The van der Waals surface area contributed by atoms with Gasteiger partial charge in [-0.25, -0.2) is 9.37 Å². The quantitative estimate of drug-likeness (QED) is 0.602. The van der Waals surface area contributed by atoms with E-state index in [-0.39, 0.29) is 11.7 Å². The van der Waals surface area contributed by atoms with Crippen molar-refractivity contribution in [2.24, 2.45) is 0 Å². The van der Waals surface area contributed by atoms with Crippen molar-refractivity contribution in [1.82, 2.24) is 20.2 Å². The number of piperidine rings is 1. The van der Waals surface area contributed by atoms with E-state index in [4.69, 9.17) is 4.74 Å². The number of nitrogens with one attached hydrogen (secondary N) is 2. The molecular weight excluding hydrogens is 371 g/mol. The maximum Gasteiger partial charge on any atom is 0.234 e. The largest absolute Gasteiger partial charge is 0.492 e. The Hall–Kier alpha value is -2.93. The number of benzene rings is 1. The van der Waals surface area contributed by atoms with E-state index in [2.05, 4.69) is 32.4 Å². The molecule has 29 heavy (non-hydrogen) atoms. The van der Waals surface area contributed by atoms with Gasteiger partial charge in [-0.05, 0) is 73.8 Å². The lowest BCUT2D eigenvalue weighted by atomic mass is 9.89. The van der Waals surface area contributed by atoms with Crippen LogP contribution in [0.4, 0.5) is 4.39 Å². The summed E-state index contributed by atoms with van der Waals surface area (Å²) in [5.74, 6) is 0.796. The number of fused-ring (bicyclic) bond motifs is 1. The molecule has 6 nitrogen and oxygen atoms in total. The van der Waals surface area contributed by atoms with Crippen LogP contribution in [0.5, 0.6) is 5.75 Å². The van der Waals surface area contributed by atoms with Gasteiger partial charge in [-0.1, -0.05) is 0 Å². The summed E-state index contributed by atoms with van der Waals surface area (Å²) in [5.41, 5.74) is 2.27. The molecule has 1 aliphatic heterocycles. The lowest BCUT2D eigenvalue weighted by Crippen LogP contribution is -2.42. The first kappa shape index (κ1) is 19.4. The molecule has 1 saturated heterocycles. The lowest BCUT2D eigenvalue weighted by Gasteiger charge is -2.31. The molecular formula is C22H25FN4O2. The highest BCUT2D eigenvalue weighted by molar-refractivity contribution is 5.80. The zero-order valence-electron chi connectivity index (χ0n) is 16.2. The van der Waals surface area contributed by atoms with Gasteiger partial charge in [0.2, 0.25) is 5.91 Å². The third-order valence-electron chi connectivity index (χ3n) is 5.38. The van der Waals surface area contributed by atoms with Gasteiger partial charge in [-0.3, -0.25) is 9.69 Å². The van der Waals surface area contributed by atoms with Crippen molar-refractivity contribution < 1.29 is 13.9 Å². The highest BCUT2D eigenvalue weighted by atomic mass is 19.1. The molecule has 152 valence electrons. The first-order valence-electron chi connectivity index (χ1n) is 9.98. The molecule has 2 N–H and O–H groups in total. The highest BCUT2D eigenvalue weighted by Gasteiger charge is 2.24. The maximum atomic E-state index is 12.9. The molecule has 7 heteroatoms. The van der Waals surface area contributed by atoms with Crippen LogP contribution in [0.2, 0.25) is 0 Å². The molecule has 2 aromatic heterocycles. The summed E-state index contributed by atoms with van der Waals surface area (Å²) in [6, 6.07) is 9.94. The number of hydrogen-bond acceptors (Lipinski definition) is 4. The Kier molecular flexibility index (Phi) is 6.05. The molecule has 0 bridgehead atoms. The van der Waals surface area contributed by atoms with Crippen molar-refractivity contribution in [2.45, 2.75) is 18.8 Å². The first-order valence-corrected chi connectivity index (χ1v) is 9.98. The third kappa shape index (κ3) is 4.92. The van der Waals surface area contributed by atoms with Gasteiger partial charge in [0, 0.05) is 17.8 Å². The van der Waals surface area contributed by atoms with Crippen molar-refractivity contribution in [1.29, 1.82) is 0 Å². The monoisotopic (exact) mass is 396 g/mol. The standard InChI is InChI=1S/C22H25FN4O2/c23-17-3-5-18(6-4-17)29-13-10-24-21(28)15-27-11-7-16(8-12-27)20-14-26-22-19(20)2-1-9-25-22/h1-6,9,14,16H,7-8,10-13,15H2,(H,24,28)(H,25,26). The SMILES string of the molecule is O=C(CN1CCC(c2c[nH]c3ncccc23)CC1)NCCOc1ccc(F)cc1. The molecule has 0 saturated carbocycles. The van der Waals surface area contributed by atoms with E-state index in [0.717, 1.165) is 31.6 Å². The van der Waals surface area contributed by atoms with Crippen LogP contribution in [0.1, 0.15) is 24.3 Å². The molecule has 3 aromatic rings. The molecule has 0 radical (unpaired) electrons. The number of likely N-dealkylation sites (tertiary alicyclic amines) is 1. The number of hydrogen-bond donors (Lipinski definition) is 2. The van der Waals surface area contributed by atoms with Crippen LogP contribution in [-0.4, -0.2) is 53.6 Å². The van der Waals surface area contributed by atoms with Crippen molar-refractivity contribution in [3.63, 3.8) is 0 Å². The Morgan fingerprint density at radius 2 is 2.03 bits per heavy atom. The summed E-state index contributed by atoms with van der Waals surface area (Å²) in [5, 5.41) is 4.08. The summed E-state index contributed by atoms with van der Waals surface area (Å²) in [6.07, 6.45) is 5.94. The number of carbonyl (C=O) groups is 1. The zero-order valence-corrected chi connectivity index (χ0v) is 16.2. The number of carbonyl (C=O) groups excluding carboxylic acids is 1. The topological polar surface area (TPSA) is 70.2 Å². The average molecular weight is 396 g/mol. The number of aromatic nitrogens is 2. The number of rotatable bonds is 7. The predicted octanol–water partition coefficient (Wildman–Crippen LogP) is 3.08. The lowest BCUT2D eigenvalue weighted by molar-refractivity contribution is -0.122. The fraction of sp³-hybridized carbons (Fsp3) is 0.364. The van der Waals surface area contributed by atoms with Gasteiger partial charge in [0.05, 0.1) is 13.1 Å². The zero-order chi connectivity index (χ0) is 20.1. The van der Waals surface area contributed by atoms with Gasteiger partial charge in [0.1, 0.15) is 23.8 Å². The molecule has 3 heterocycles. The van der Waals surface area contributed by atoms with Crippen LogP contribution in [0.15, 0.2) is 48.8 Å². The van der Waals surface area contributed by atoms with Crippen LogP contribution < -0.4 is 10.1 Å². The van der Waals surface area contributed by atoms with E-state index < -0.39 is 0 Å². The first-order chi connectivity index (χ1) is 14.2. The summed E-state index contributed by atoms with van der Waals surface area (Å²) in [6.45, 7) is 2.98. The summed E-state index contributed by atoms with van der Waals surface area (Å²) < 4.78 is 18.3. The number of amides is 1. The number of halogens is 1. The second-order valence-electron chi connectivity index (χ2n) is 7.35. The fourth-order valence-electron chi connectivity index (χ4n) is 3.87. The Balaban J connectivity index is 1.17. The van der Waals surface area contributed by atoms with E-state index >= 15 is 0 Å². The van der Waals surface area contributed by atoms with Gasteiger partial charge in [-0.15, -0.1) is 0 Å². The van der Waals surface area contributed by atoms with Crippen LogP contribution in [0, 0.1) is 5.82 Å². The third-order valence-corrected chi connectivity index (χ3v) is 5.38. The van der Waals surface area contributed by atoms with Gasteiger partial charge in [0.15, 0.2) is 0 Å². The van der Waals surface area contributed by atoms with Crippen molar-refractivity contribution in [3.8, 4) is 5.75 Å². The van der Waals surface area contributed by atoms with E-state index in [0.29, 0.717) is 31.4 Å². The molecule has 1 aromatic carbocycles. The van der Waals surface area contributed by atoms with E-state index in [1.807, 2.05) is 6.07 Å². The second kappa shape index (κ2) is 9.05. The van der Waals surface area contributed by atoms with Crippen LogP contribution in [0.3, 0.4) is 0 Å². The number of pyridine rings is 1. The second-order valence-corrected chi connectivity index (χ2v) is 7.35. The number of aromatic amines is 1. The van der Waals surface area contributed by atoms with Gasteiger partial charge in [-0.2, -0.15) is 0 Å². The molecule has 0 atom stereocenters. The minimum absolute atomic E-state index is 0.00227. The van der Waals surface area contributed by atoms with E-state index in [1.54, 1.807) is 18.3 Å². The fourth-order valence-corrected chi connectivity index (χ4v) is 3.87. The molecule has 1 fully saturated rings. The van der Waals surface area contributed by atoms with E-state index in [9.17, 15) is 9.18 Å². The molecule has 0 unspecified atom stereocenters. The molecule has 0 aliphatic carbocycles. The maximum absolute atomic E-state index is 12.9. The Morgan fingerprint density at radius 3 is 2.83 bits per heavy atom. The molecule has 4 rings (SSSR count). The Labute approximate surface area is 169 Å². The van der Waals surface area contributed by atoms with Gasteiger partial charge in [0.25, 0.3) is 0 Å². The van der Waals surface area contributed by atoms with E-state index in [1.165, 1.54) is 23.1 Å². The molecule has 1 aliphatic rings. The van der Waals surface area contributed by atoms with Crippen LogP contribution in [0.25, 0.3) is 11.0 Å². The predicted molar refractivity (Wildman–Crippen MR) is 109 cm³/mol. The summed E-state index contributed by atoms with van der Waals surface area (Å²) in [4.78, 5) is 22.0.